The topological polar surface area (TPSA) is 66.2 Å². The molecule has 116 valence electrons. The van der Waals surface area contributed by atoms with Gasteiger partial charge in [-0.3, -0.25) is 0 Å². The highest BCUT2D eigenvalue weighted by atomic mass is 16.8. The van der Waals surface area contributed by atoms with Crippen molar-refractivity contribution >= 4 is 17.3 Å². The number of carbonyl (C=O) groups excluding carboxylic acids is 1. The molecule has 4 rings (SSSR count). The fraction of sp³-hybridized carbons (Fsp3) is 0.562. The first-order chi connectivity index (χ1) is 10.5. The van der Waals surface area contributed by atoms with Gasteiger partial charge in [0.15, 0.2) is 5.79 Å². The van der Waals surface area contributed by atoms with Crippen LogP contribution in [0.2, 0.25) is 0 Å². The molecule has 3 heterocycles. The molecule has 0 radical (unpaired) electrons. The molecule has 2 aromatic rings. The van der Waals surface area contributed by atoms with Gasteiger partial charge in [-0.25, -0.2) is 9.97 Å². The minimum Gasteiger partial charge on any atom is -0.344 e. The Morgan fingerprint density at radius 3 is 2.86 bits per heavy atom. The zero-order chi connectivity index (χ0) is 15.5. The van der Waals surface area contributed by atoms with Crippen molar-refractivity contribution in [2.24, 2.45) is 5.92 Å². The normalized spacial score (nSPS) is 33.2. The standard InChI is InChI=1S/C16H19N3O3/c1-9-11-4-5-19(15(11)18-8-17-9)12-6-10(7-20)13-14(12)22-16(2,3)21-13/h4-5,7-8,10,12-14H,6H2,1-3H3. The fourth-order valence-electron chi connectivity index (χ4n) is 3.76. The van der Waals surface area contributed by atoms with E-state index in [4.69, 9.17) is 9.47 Å². The number of aryl methyl sites for hydroxylation is 1. The third-order valence-electron chi connectivity index (χ3n) is 4.72. The second kappa shape index (κ2) is 4.60. The van der Waals surface area contributed by atoms with Gasteiger partial charge in [-0.1, -0.05) is 0 Å². The van der Waals surface area contributed by atoms with Crippen molar-refractivity contribution < 1.29 is 14.3 Å². The lowest BCUT2D eigenvalue weighted by Crippen LogP contribution is -2.27. The third-order valence-corrected chi connectivity index (χ3v) is 4.72. The summed E-state index contributed by atoms with van der Waals surface area (Å²) in [4.78, 5) is 20.1. The second-order valence-corrected chi connectivity index (χ2v) is 6.59. The largest absolute Gasteiger partial charge is 0.344 e. The van der Waals surface area contributed by atoms with Gasteiger partial charge in [-0.05, 0) is 33.3 Å². The molecule has 6 heteroatoms. The highest BCUT2D eigenvalue weighted by Gasteiger charge is 2.54. The zero-order valence-corrected chi connectivity index (χ0v) is 12.9. The van der Waals surface area contributed by atoms with Gasteiger partial charge in [0.05, 0.1) is 17.8 Å². The van der Waals surface area contributed by atoms with E-state index in [1.165, 1.54) is 0 Å². The van der Waals surface area contributed by atoms with Crippen LogP contribution in [-0.2, 0) is 14.3 Å². The number of hydrogen-bond acceptors (Lipinski definition) is 5. The van der Waals surface area contributed by atoms with E-state index >= 15 is 0 Å². The molecular formula is C16H19N3O3. The van der Waals surface area contributed by atoms with E-state index in [0.29, 0.717) is 6.42 Å². The lowest BCUT2D eigenvalue weighted by atomic mass is 10.1. The van der Waals surface area contributed by atoms with Crippen LogP contribution in [0.1, 0.15) is 32.0 Å². The number of hydrogen-bond donors (Lipinski definition) is 0. The molecule has 2 aromatic heterocycles. The summed E-state index contributed by atoms with van der Waals surface area (Å²) in [6.07, 6.45) is 4.98. The van der Waals surface area contributed by atoms with Crippen LogP contribution in [0.3, 0.4) is 0 Å². The van der Waals surface area contributed by atoms with Crippen LogP contribution in [0.15, 0.2) is 18.6 Å². The fourth-order valence-corrected chi connectivity index (χ4v) is 3.76. The number of fused-ring (bicyclic) bond motifs is 2. The number of ether oxygens (including phenoxy) is 2. The first-order valence-corrected chi connectivity index (χ1v) is 7.59. The van der Waals surface area contributed by atoms with Gasteiger partial charge >= 0.3 is 0 Å². The first kappa shape index (κ1) is 13.8. The van der Waals surface area contributed by atoms with Crippen LogP contribution in [0.4, 0.5) is 0 Å². The van der Waals surface area contributed by atoms with E-state index in [0.717, 1.165) is 23.0 Å². The summed E-state index contributed by atoms with van der Waals surface area (Å²) in [5.41, 5.74) is 1.84. The average molecular weight is 301 g/mol. The summed E-state index contributed by atoms with van der Waals surface area (Å²) in [6.45, 7) is 5.76. The van der Waals surface area contributed by atoms with E-state index in [1.807, 2.05) is 33.0 Å². The van der Waals surface area contributed by atoms with Crippen molar-refractivity contribution in [3.8, 4) is 0 Å². The summed E-state index contributed by atoms with van der Waals surface area (Å²) < 4.78 is 14.1. The van der Waals surface area contributed by atoms with Gasteiger partial charge in [-0.15, -0.1) is 0 Å². The quantitative estimate of drug-likeness (QED) is 0.794. The Morgan fingerprint density at radius 1 is 1.32 bits per heavy atom. The van der Waals surface area contributed by atoms with E-state index in [2.05, 4.69) is 14.5 Å². The maximum atomic E-state index is 11.4. The molecule has 2 aliphatic rings. The van der Waals surface area contributed by atoms with Crippen LogP contribution in [0.25, 0.3) is 11.0 Å². The SMILES string of the molecule is Cc1ncnc2c1ccn2C1CC(C=O)C2OC(C)(C)OC21. The highest BCUT2D eigenvalue weighted by Crippen LogP contribution is 2.46. The van der Waals surface area contributed by atoms with Crippen molar-refractivity contribution in [1.82, 2.24) is 14.5 Å². The van der Waals surface area contributed by atoms with E-state index in [1.54, 1.807) is 6.33 Å². The van der Waals surface area contributed by atoms with Gasteiger partial charge < -0.3 is 18.8 Å². The number of carbonyl (C=O) groups is 1. The van der Waals surface area contributed by atoms with E-state index < -0.39 is 5.79 Å². The number of aldehydes is 1. The summed E-state index contributed by atoms with van der Waals surface area (Å²) in [7, 11) is 0. The molecule has 6 nitrogen and oxygen atoms in total. The Bertz CT molecular complexity index is 739. The molecule has 1 aliphatic carbocycles. The van der Waals surface area contributed by atoms with Gasteiger partial charge in [0.2, 0.25) is 0 Å². The predicted molar refractivity (Wildman–Crippen MR) is 79.3 cm³/mol. The Labute approximate surface area is 128 Å². The molecule has 2 fully saturated rings. The van der Waals surface area contributed by atoms with Crippen LogP contribution in [0.5, 0.6) is 0 Å². The zero-order valence-electron chi connectivity index (χ0n) is 12.9. The molecule has 0 bridgehead atoms. The summed E-state index contributed by atoms with van der Waals surface area (Å²) in [5.74, 6) is -0.791. The Balaban J connectivity index is 1.78. The van der Waals surface area contributed by atoms with Crippen molar-refractivity contribution in [3.63, 3.8) is 0 Å². The van der Waals surface area contributed by atoms with E-state index in [9.17, 15) is 4.79 Å². The van der Waals surface area contributed by atoms with Crippen molar-refractivity contribution in [3.05, 3.63) is 24.3 Å². The lowest BCUT2D eigenvalue weighted by Gasteiger charge is -2.23. The van der Waals surface area contributed by atoms with Crippen LogP contribution in [0, 0.1) is 12.8 Å². The van der Waals surface area contributed by atoms with Crippen molar-refractivity contribution in [2.45, 2.75) is 51.2 Å². The molecule has 22 heavy (non-hydrogen) atoms. The summed E-state index contributed by atoms with van der Waals surface area (Å²) in [6, 6.07) is 2.07. The van der Waals surface area contributed by atoms with Gasteiger partial charge in [0.25, 0.3) is 0 Å². The molecule has 1 aliphatic heterocycles. The molecule has 4 atom stereocenters. The van der Waals surface area contributed by atoms with Gasteiger partial charge in [0, 0.05) is 17.5 Å². The second-order valence-electron chi connectivity index (χ2n) is 6.59. The molecule has 0 N–H and O–H groups in total. The highest BCUT2D eigenvalue weighted by molar-refractivity contribution is 5.78. The van der Waals surface area contributed by atoms with Crippen molar-refractivity contribution in [2.75, 3.05) is 0 Å². The van der Waals surface area contributed by atoms with Crippen LogP contribution < -0.4 is 0 Å². The monoisotopic (exact) mass is 301 g/mol. The maximum Gasteiger partial charge on any atom is 0.163 e. The Kier molecular flexibility index (Phi) is 2.90. The Morgan fingerprint density at radius 2 is 2.09 bits per heavy atom. The van der Waals surface area contributed by atoms with E-state index in [-0.39, 0.29) is 24.2 Å². The third kappa shape index (κ3) is 1.90. The maximum absolute atomic E-state index is 11.4. The minimum atomic E-state index is -0.650. The Hall–Kier alpha value is -1.79. The smallest absolute Gasteiger partial charge is 0.163 e. The number of nitrogens with zero attached hydrogens (tertiary/aromatic N) is 3. The predicted octanol–water partition coefficient (Wildman–Crippen LogP) is 2.02. The average Bonchev–Trinajstić information content (AvgIpc) is 3.10. The van der Waals surface area contributed by atoms with Crippen molar-refractivity contribution in [1.29, 1.82) is 0 Å². The number of aromatic nitrogens is 3. The number of rotatable bonds is 2. The van der Waals surface area contributed by atoms with Crippen LogP contribution >= 0.6 is 0 Å². The van der Waals surface area contributed by atoms with Gasteiger partial charge in [-0.2, -0.15) is 0 Å². The molecule has 0 aromatic carbocycles. The molecule has 4 unspecified atom stereocenters. The first-order valence-electron chi connectivity index (χ1n) is 7.59. The molecule has 0 amide bonds. The minimum absolute atomic E-state index is 0.0498. The lowest BCUT2D eigenvalue weighted by molar-refractivity contribution is -0.160. The molecule has 0 spiro atoms. The summed E-state index contributed by atoms with van der Waals surface area (Å²) >= 11 is 0. The van der Waals surface area contributed by atoms with Crippen LogP contribution in [-0.4, -0.2) is 38.8 Å². The molecular weight excluding hydrogens is 282 g/mol. The molecule has 1 saturated heterocycles. The summed E-state index contributed by atoms with van der Waals surface area (Å²) in [5, 5.41) is 1.03. The molecule has 1 saturated carbocycles. The van der Waals surface area contributed by atoms with Gasteiger partial charge in [0.1, 0.15) is 24.4 Å².